The fourth-order valence-corrected chi connectivity index (χ4v) is 3.01. The van der Waals surface area contributed by atoms with Crippen LogP contribution in [0.2, 0.25) is 0 Å². The molecule has 150 valence electrons. The second-order valence-corrected chi connectivity index (χ2v) is 8.00. The molecule has 0 spiro atoms. The van der Waals surface area contributed by atoms with Gasteiger partial charge in [0.1, 0.15) is 18.0 Å². The molecule has 1 saturated heterocycles. The summed E-state index contributed by atoms with van der Waals surface area (Å²) >= 11 is 0. The van der Waals surface area contributed by atoms with Crippen molar-refractivity contribution in [3.63, 3.8) is 0 Å². The number of aliphatic hydroxyl groups is 1. The first kappa shape index (κ1) is 20.0. The summed E-state index contributed by atoms with van der Waals surface area (Å²) in [6.07, 6.45) is -1.05. The number of nitrogens with one attached hydrogen (secondary N) is 1. The van der Waals surface area contributed by atoms with Gasteiger partial charge in [-0.05, 0) is 50.6 Å². The van der Waals surface area contributed by atoms with Gasteiger partial charge >= 0.3 is 6.09 Å². The van der Waals surface area contributed by atoms with Gasteiger partial charge < -0.3 is 24.8 Å². The van der Waals surface area contributed by atoms with E-state index in [2.05, 4.69) is 5.32 Å². The largest absolute Gasteiger partial charge is 0.489 e. The molecule has 1 heterocycles. The minimum Gasteiger partial charge on any atom is -0.489 e. The van der Waals surface area contributed by atoms with Gasteiger partial charge in [-0.1, -0.05) is 30.3 Å². The summed E-state index contributed by atoms with van der Waals surface area (Å²) in [5.41, 5.74) is 1.42. The number of hydrogen-bond acceptors (Lipinski definition) is 5. The minimum absolute atomic E-state index is 0.247. The molecule has 0 aromatic heterocycles. The molecule has 6 nitrogen and oxygen atoms in total. The molecule has 2 aromatic rings. The molecule has 0 bridgehead atoms. The van der Waals surface area contributed by atoms with Gasteiger partial charge in [0.25, 0.3) is 0 Å². The van der Waals surface area contributed by atoms with Gasteiger partial charge in [0.15, 0.2) is 0 Å². The van der Waals surface area contributed by atoms with E-state index in [9.17, 15) is 9.90 Å². The molecule has 1 amide bonds. The Morgan fingerprint density at radius 3 is 2.43 bits per heavy atom. The van der Waals surface area contributed by atoms with Crippen molar-refractivity contribution < 1.29 is 19.4 Å². The maximum Gasteiger partial charge on any atom is 0.410 e. The Labute approximate surface area is 166 Å². The van der Waals surface area contributed by atoms with E-state index in [1.54, 1.807) is 0 Å². The van der Waals surface area contributed by atoms with Gasteiger partial charge in [-0.2, -0.15) is 0 Å². The number of likely N-dealkylation sites (tertiary alicyclic amines) is 1. The first-order valence-corrected chi connectivity index (χ1v) is 9.49. The number of aliphatic hydroxyl groups excluding tert-OH is 1. The Kier molecular flexibility index (Phi) is 6.09. The summed E-state index contributed by atoms with van der Waals surface area (Å²) in [6.45, 7) is 6.64. The Hall–Kier alpha value is -2.73. The van der Waals surface area contributed by atoms with E-state index in [4.69, 9.17) is 9.47 Å². The Balaban J connectivity index is 1.51. The Morgan fingerprint density at radius 2 is 1.79 bits per heavy atom. The summed E-state index contributed by atoms with van der Waals surface area (Å²) < 4.78 is 11.2. The molecule has 0 aliphatic carbocycles. The second-order valence-electron chi connectivity index (χ2n) is 8.00. The van der Waals surface area contributed by atoms with E-state index in [0.717, 1.165) is 17.0 Å². The molecule has 1 aliphatic rings. The molecular weight excluding hydrogens is 356 g/mol. The summed E-state index contributed by atoms with van der Waals surface area (Å²) in [6, 6.07) is 17.3. The highest BCUT2D eigenvalue weighted by molar-refractivity contribution is 5.69. The van der Waals surface area contributed by atoms with Gasteiger partial charge in [-0.15, -0.1) is 0 Å². The highest BCUT2D eigenvalue weighted by Gasteiger charge is 2.36. The van der Waals surface area contributed by atoms with Crippen LogP contribution in [0.1, 0.15) is 26.3 Å². The molecule has 1 fully saturated rings. The van der Waals surface area contributed by atoms with Crippen molar-refractivity contribution in [1.82, 2.24) is 4.90 Å². The number of hydrogen-bond donors (Lipinski definition) is 2. The number of carbonyl (C=O) groups excluding carboxylic acids is 1. The Morgan fingerprint density at radius 1 is 1.11 bits per heavy atom. The summed E-state index contributed by atoms with van der Waals surface area (Å²) in [7, 11) is 0. The lowest BCUT2D eigenvalue weighted by Gasteiger charge is -2.24. The molecule has 2 aromatic carbocycles. The number of benzene rings is 2. The smallest absolute Gasteiger partial charge is 0.410 e. The molecule has 1 aliphatic heterocycles. The van der Waals surface area contributed by atoms with Crippen molar-refractivity contribution in [3.05, 3.63) is 60.2 Å². The van der Waals surface area contributed by atoms with Crippen LogP contribution in [0.15, 0.2) is 54.6 Å². The summed E-state index contributed by atoms with van der Waals surface area (Å²) in [5, 5.41) is 13.6. The van der Waals surface area contributed by atoms with E-state index in [1.807, 2.05) is 75.4 Å². The molecule has 0 saturated carbocycles. The standard InChI is InChI=1S/C22H28N2O4/c1-22(2,3)28-21(26)24-13-19(20(25)14-24)23-17-9-11-18(12-10-17)27-15-16-7-5-4-6-8-16/h4-12,19-20,23,25H,13-15H2,1-3H3/t19-,20-/m0/s1. The third-order valence-corrected chi connectivity index (χ3v) is 4.40. The zero-order chi connectivity index (χ0) is 20.1. The van der Waals surface area contributed by atoms with E-state index in [-0.39, 0.29) is 12.6 Å². The molecule has 3 rings (SSSR count). The second kappa shape index (κ2) is 8.52. The van der Waals surface area contributed by atoms with Crippen LogP contribution < -0.4 is 10.1 Å². The lowest BCUT2D eigenvalue weighted by Crippen LogP contribution is -2.36. The van der Waals surface area contributed by atoms with Crippen LogP contribution in [0.5, 0.6) is 5.75 Å². The first-order valence-electron chi connectivity index (χ1n) is 9.49. The highest BCUT2D eigenvalue weighted by atomic mass is 16.6. The molecule has 0 radical (unpaired) electrons. The zero-order valence-corrected chi connectivity index (χ0v) is 16.6. The number of rotatable bonds is 5. The topological polar surface area (TPSA) is 71.0 Å². The average Bonchev–Trinajstić information content (AvgIpc) is 3.01. The van der Waals surface area contributed by atoms with Crippen molar-refractivity contribution in [2.75, 3.05) is 18.4 Å². The molecule has 2 N–H and O–H groups in total. The molecule has 2 atom stereocenters. The van der Waals surface area contributed by atoms with Gasteiger partial charge in [0.2, 0.25) is 0 Å². The highest BCUT2D eigenvalue weighted by Crippen LogP contribution is 2.22. The fraction of sp³-hybridized carbons (Fsp3) is 0.409. The molecule has 0 unspecified atom stereocenters. The van der Waals surface area contributed by atoms with Crippen LogP contribution >= 0.6 is 0 Å². The van der Waals surface area contributed by atoms with Gasteiger partial charge in [-0.3, -0.25) is 0 Å². The normalized spacial score (nSPS) is 19.4. The molecular formula is C22H28N2O4. The number of β-amino-alcohol motifs (C(OH)–C–C–N with tert-alkyl or cyclic N) is 1. The average molecular weight is 384 g/mol. The van der Waals surface area contributed by atoms with Crippen LogP contribution in [0, 0.1) is 0 Å². The third kappa shape index (κ3) is 5.63. The number of nitrogens with zero attached hydrogens (tertiary/aromatic N) is 1. The predicted octanol–water partition coefficient (Wildman–Crippen LogP) is 3.66. The van der Waals surface area contributed by atoms with Gasteiger partial charge in [0, 0.05) is 12.2 Å². The number of anilines is 1. The van der Waals surface area contributed by atoms with Crippen molar-refractivity contribution in [2.24, 2.45) is 0 Å². The van der Waals surface area contributed by atoms with Crippen LogP contribution in [0.3, 0.4) is 0 Å². The maximum atomic E-state index is 12.2. The maximum absolute atomic E-state index is 12.2. The minimum atomic E-state index is -0.651. The van der Waals surface area contributed by atoms with E-state index in [0.29, 0.717) is 13.2 Å². The summed E-state index contributed by atoms with van der Waals surface area (Å²) in [5.74, 6) is 0.775. The number of amides is 1. The molecule has 28 heavy (non-hydrogen) atoms. The van der Waals surface area contributed by atoms with Crippen molar-refractivity contribution in [3.8, 4) is 5.75 Å². The van der Waals surface area contributed by atoms with Crippen LogP contribution in [-0.4, -0.2) is 46.9 Å². The van der Waals surface area contributed by atoms with E-state index in [1.165, 1.54) is 4.90 Å². The fourth-order valence-electron chi connectivity index (χ4n) is 3.01. The van der Waals surface area contributed by atoms with E-state index < -0.39 is 17.8 Å². The lowest BCUT2D eigenvalue weighted by atomic mass is 10.2. The zero-order valence-electron chi connectivity index (χ0n) is 16.6. The lowest BCUT2D eigenvalue weighted by molar-refractivity contribution is 0.0270. The van der Waals surface area contributed by atoms with Crippen LogP contribution in [0.4, 0.5) is 10.5 Å². The quantitative estimate of drug-likeness (QED) is 0.823. The molecule has 6 heteroatoms. The van der Waals surface area contributed by atoms with Crippen LogP contribution in [0.25, 0.3) is 0 Å². The third-order valence-electron chi connectivity index (χ3n) is 4.40. The van der Waals surface area contributed by atoms with Crippen molar-refractivity contribution in [1.29, 1.82) is 0 Å². The number of ether oxygens (including phenoxy) is 2. The number of carbonyl (C=O) groups is 1. The van der Waals surface area contributed by atoms with Gasteiger partial charge in [-0.25, -0.2) is 4.79 Å². The van der Waals surface area contributed by atoms with E-state index >= 15 is 0 Å². The van der Waals surface area contributed by atoms with Crippen LogP contribution in [-0.2, 0) is 11.3 Å². The first-order chi connectivity index (χ1) is 13.3. The Bertz CT molecular complexity index is 771. The van der Waals surface area contributed by atoms with Gasteiger partial charge in [0.05, 0.1) is 18.7 Å². The van der Waals surface area contributed by atoms with Crippen molar-refractivity contribution in [2.45, 2.75) is 45.1 Å². The monoisotopic (exact) mass is 384 g/mol. The van der Waals surface area contributed by atoms with Crippen molar-refractivity contribution >= 4 is 11.8 Å². The predicted molar refractivity (Wildman–Crippen MR) is 108 cm³/mol. The SMILES string of the molecule is CC(C)(C)OC(=O)N1C[C@H](Nc2ccc(OCc3ccccc3)cc2)[C@@H](O)C1. The summed E-state index contributed by atoms with van der Waals surface area (Å²) in [4.78, 5) is 13.7.